The third kappa shape index (κ3) is 9.65. The number of hydrogen-bond acceptors (Lipinski definition) is 12. The number of carbonyl (C=O) groups is 2. The minimum atomic E-state index is -0.431. The second kappa shape index (κ2) is 18.7. The van der Waals surface area contributed by atoms with Gasteiger partial charge in [0.15, 0.2) is 11.6 Å². The fourth-order valence-electron chi connectivity index (χ4n) is 6.48. The topological polar surface area (TPSA) is 195 Å². The van der Waals surface area contributed by atoms with Gasteiger partial charge < -0.3 is 21.3 Å². The first-order chi connectivity index (χ1) is 29.9. The van der Waals surface area contributed by atoms with E-state index in [1.165, 1.54) is 12.1 Å². The van der Waals surface area contributed by atoms with Crippen LogP contribution in [0.3, 0.4) is 0 Å². The molecule has 0 unspecified atom stereocenters. The van der Waals surface area contributed by atoms with Crippen molar-refractivity contribution in [1.29, 1.82) is 0 Å². The highest BCUT2D eigenvalue weighted by Crippen LogP contribution is 2.31. The van der Waals surface area contributed by atoms with E-state index in [-0.39, 0.29) is 36.3 Å². The van der Waals surface area contributed by atoms with E-state index >= 15 is 0 Å². The van der Waals surface area contributed by atoms with E-state index in [1.807, 2.05) is 33.8 Å². The predicted octanol–water partition coefficient (Wildman–Crippen LogP) is 7.05. The molecule has 8 aromatic rings. The quantitative estimate of drug-likeness (QED) is 0.0981. The average Bonchev–Trinajstić information content (AvgIpc) is 3.86. The number of rotatable bonds is 12. The van der Waals surface area contributed by atoms with E-state index in [0.29, 0.717) is 57.9 Å². The second-order valence-corrected chi connectivity index (χ2v) is 14.3. The van der Waals surface area contributed by atoms with Gasteiger partial charge in [0.1, 0.15) is 46.5 Å². The summed E-state index contributed by atoms with van der Waals surface area (Å²) < 4.78 is 31.8. The summed E-state index contributed by atoms with van der Waals surface area (Å²) in [6.07, 6.45) is 10.0. The van der Waals surface area contributed by atoms with E-state index in [0.717, 1.165) is 33.9 Å². The molecular weight excluding hydrogens is 795 g/mol. The summed E-state index contributed by atoms with van der Waals surface area (Å²) in [6, 6.07) is 13.2. The summed E-state index contributed by atoms with van der Waals surface area (Å²) in [6.45, 7) is 12.5. The molecule has 0 saturated carbocycles. The molecular formula is C44H44F2N14O2. The summed E-state index contributed by atoms with van der Waals surface area (Å²) in [7, 11) is 0. The largest absolute Gasteiger partial charge is 0.355 e. The third-order valence-electron chi connectivity index (χ3n) is 9.53. The fourth-order valence-corrected chi connectivity index (χ4v) is 6.48. The van der Waals surface area contributed by atoms with Gasteiger partial charge in [-0.1, -0.05) is 0 Å². The standard InChI is InChI=1S/2C22H22FN7O/c1-4-24-20(31)12-30-11-19-22(29-30)16(7-8-25-19)28-17-9-18(26-10-13(17)2)21-15(23)6-5-14(3)27-21;1-4-24-20(31)12-30-22-16(7-8-25-19(22)11-27-30)29-17-9-18(26-10-13(17)2)21-15(23)6-5-14(3)28-21/h5-11H,4,12H2,1-3H3,(H,24,31)(H,26,28);5-11H,4,12H2,1-3H3,(H,24,31)(H,25,26,29). The number of amides is 2. The van der Waals surface area contributed by atoms with Gasteiger partial charge in [0.25, 0.3) is 0 Å². The van der Waals surface area contributed by atoms with Crippen LogP contribution in [0.15, 0.2) is 85.7 Å². The van der Waals surface area contributed by atoms with Crippen molar-refractivity contribution in [2.75, 3.05) is 23.7 Å². The Morgan fingerprint density at radius 3 is 1.74 bits per heavy atom. The van der Waals surface area contributed by atoms with E-state index in [2.05, 4.69) is 61.4 Å². The third-order valence-corrected chi connectivity index (χ3v) is 9.53. The van der Waals surface area contributed by atoms with Gasteiger partial charge in [-0.15, -0.1) is 0 Å². The molecule has 0 aliphatic heterocycles. The van der Waals surface area contributed by atoms with Crippen LogP contribution in [-0.2, 0) is 22.7 Å². The molecule has 0 fully saturated rings. The summed E-state index contributed by atoms with van der Waals surface area (Å²) in [4.78, 5) is 49.9. The second-order valence-electron chi connectivity index (χ2n) is 14.3. The number of pyridine rings is 6. The number of anilines is 4. The van der Waals surface area contributed by atoms with Crippen molar-refractivity contribution in [1.82, 2.24) is 60.1 Å². The lowest BCUT2D eigenvalue weighted by atomic mass is 10.1. The number of aromatic nitrogens is 10. The Morgan fingerprint density at radius 1 is 0.629 bits per heavy atom. The molecule has 0 atom stereocenters. The van der Waals surface area contributed by atoms with Gasteiger partial charge in [-0.25, -0.2) is 18.7 Å². The van der Waals surface area contributed by atoms with Crippen molar-refractivity contribution in [2.24, 2.45) is 0 Å². The monoisotopic (exact) mass is 838 g/mol. The highest BCUT2D eigenvalue weighted by molar-refractivity contribution is 5.92. The Bertz CT molecular complexity index is 2920. The molecule has 8 heterocycles. The first kappa shape index (κ1) is 42.4. The van der Waals surface area contributed by atoms with Gasteiger partial charge >= 0.3 is 0 Å². The maximum atomic E-state index is 14.3. The van der Waals surface area contributed by atoms with E-state index in [9.17, 15) is 18.4 Å². The van der Waals surface area contributed by atoms with Crippen molar-refractivity contribution in [3.05, 3.63) is 120 Å². The lowest BCUT2D eigenvalue weighted by molar-refractivity contribution is -0.122. The molecule has 0 radical (unpaired) electrons. The average molecular weight is 839 g/mol. The number of hydrogen-bond donors (Lipinski definition) is 4. The van der Waals surface area contributed by atoms with Gasteiger partial charge in [-0.2, -0.15) is 10.2 Å². The summed E-state index contributed by atoms with van der Waals surface area (Å²) in [5, 5.41) is 21.1. The zero-order valence-corrected chi connectivity index (χ0v) is 35.0. The van der Waals surface area contributed by atoms with Crippen LogP contribution >= 0.6 is 0 Å². The Morgan fingerprint density at radius 2 is 1.16 bits per heavy atom. The first-order valence-electron chi connectivity index (χ1n) is 19.8. The van der Waals surface area contributed by atoms with Gasteiger partial charge in [0, 0.05) is 60.6 Å². The molecule has 0 saturated heterocycles. The van der Waals surface area contributed by atoms with Crippen molar-refractivity contribution in [3.8, 4) is 22.8 Å². The summed E-state index contributed by atoms with van der Waals surface area (Å²) in [5.74, 6) is -1.11. The number of carbonyl (C=O) groups excluding carboxylic acids is 2. The Hall–Kier alpha value is -7.76. The molecule has 18 heteroatoms. The van der Waals surface area contributed by atoms with Crippen LogP contribution < -0.4 is 21.3 Å². The molecule has 8 aromatic heterocycles. The van der Waals surface area contributed by atoms with Gasteiger partial charge in [0.05, 0.1) is 35.2 Å². The molecule has 62 heavy (non-hydrogen) atoms. The predicted molar refractivity (Wildman–Crippen MR) is 233 cm³/mol. The number of fused-ring (bicyclic) bond motifs is 2. The van der Waals surface area contributed by atoms with Crippen LogP contribution in [0.4, 0.5) is 31.5 Å². The van der Waals surface area contributed by atoms with Crippen LogP contribution in [0, 0.1) is 39.3 Å². The molecule has 0 spiro atoms. The number of aryl methyl sites for hydroxylation is 4. The lowest BCUT2D eigenvalue weighted by Crippen LogP contribution is -2.27. The Balaban J connectivity index is 0.000000186. The lowest BCUT2D eigenvalue weighted by Gasteiger charge is -2.13. The van der Waals surface area contributed by atoms with Gasteiger partial charge in [0.2, 0.25) is 11.8 Å². The minimum absolute atomic E-state index is 0.0801. The van der Waals surface area contributed by atoms with Crippen LogP contribution in [0.25, 0.3) is 44.8 Å². The molecule has 8 rings (SSSR count). The summed E-state index contributed by atoms with van der Waals surface area (Å²) >= 11 is 0. The first-order valence-corrected chi connectivity index (χ1v) is 19.8. The molecule has 4 N–H and O–H groups in total. The maximum absolute atomic E-state index is 14.3. The molecule has 0 aliphatic carbocycles. The number of halogens is 2. The van der Waals surface area contributed by atoms with Gasteiger partial charge in [-0.3, -0.25) is 38.9 Å². The zero-order valence-electron chi connectivity index (χ0n) is 35.0. The van der Waals surface area contributed by atoms with E-state index in [4.69, 9.17) is 0 Å². The Labute approximate surface area is 355 Å². The van der Waals surface area contributed by atoms with Crippen molar-refractivity contribution in [2.45, 2.75) is 54.6 Å². The smallest absolute Gasteiger partial charge is 0.241 e. The molecule has 316 valence electrons. The molecule has 0 aliphatic rings. The normalized spacial score (nSPS) is 11.0. The molecule has 16 nitrogen and oxygen atoms in total. The Kier molecular flexibility index (Phi) is 12.8. The number of likely N-dealkylation sites (N-methyl/N-ethyl adjacent to an activating group) is 2. The highest BCUT2D eigenvalue weighted by Gasteiger charge is 2.17. The number of nitrogens with one attached hydrogen (secondary N) is 4. The van der Waals surface area contributed by atoms with Crippen LogP contribution in [0.2, 0.25) is 0 Å². The molecule has 0 bridgehead atoms. The minimum Gasteiger partial charge on any atom is -0.355 e. The van der Waals surface area contributed by atoms with E-state index < -0.39 is 11.6 Å². The van der Waals surface area contributed by atoms with E-state index in [1.54, 1.807) is 90.7 Å². The number of nitrogens with zero attached hydrogens (tertiary/aromatic N) is 10. The van der Waals surface area contributed by atoms with Crippen molar-refractivity contribution in [3.63, 3.8) is 0 Å². The highest BCUT2D eigenvalue weighted by atomic mass is 19.1. The van der Waals surface area contributed by atoms with Crippen molar-refractivity contribution >= 4 is 56.6 Å². The SMILES string of the molecule is CCNC(=O)Cn1cc2nccc(Nc3cc(-c4nc(C)ccc4F)ncc3C)c2n1.CCNC(=O)Cn1ncc2nccc(Nc3cc(-c4nc(C)ccc4F)ncc3C)c21. The molecule has 0 aromatic carbocycles. The van der Waals surface area contributed by atoms with Gasteiger partial charge in [-0.05, 0) is 101 Å². The maximum Gasteiger partial charge on any atom is 0.241 e. The van der Waals surface area contributed by atoms with Crippen molar-refractivity contribution < 1.29 is 18.4 Å². The zero-order chi connectivity index (χ0) is 43.9. The van der Waals surface area contributed by atoms with Crippen LogP contribution in [0.5, 0.6) is 0 Å². The fraction of sp³-hybridized carbons (Fsp3) is 0.227. The van der Waals surface area contributed by atoms with Crippen LogP contribution in [0.1, 0.15) is 36.4 Å². The van der Waals surface area contributed by atoms with Crippen LogP contribution in [-0.4, -0.2) is 74.4 Å². The molecule has 2 amide bonds. The summed E-state index contributed by atoms with van der Waals surface area (Å²) in [5.41, 5.74) is 10.0.